The van der Waals surface area contributed by atoms with Crippen LogP contribution in [0, 0.1) is 0 Å². The number of carbonyl (C=O) groups excluding carboxylic acids is 1. The van der Waals surface area contributed by atoms with Gasteiger partial charge < -0.3 is 10.6 Å². The van der Waals surface area contributed by atoms with Crippen LogP contribution in [0.4, 0.5) is 18.9 Å². The summed E-state index contributed by atoms with van der Waals surface area (Å²) in [6, 6.07) is 12.0. The lowest BCUT2D eigenvalue weighted by Gasteiger charge is -2.31. The van der Waals surface area contributed by atoms with E-state index in [1.165, 1.54) is 12.1 Å². The lowest BCUT2D eigenvalue weighted by molar-refractivity contribution is -0.140. The second-order valence-corrected chi connectivity index (χ2v) is 8.77. The van der Waals surface area contributed by atoms with Gasteiger partial charge in [-0.15, -0.1) is 0 Å². The molecule has 0 bridgehead atoms. The summed E-state index contributed by atoms with van der Waals surface area (Å²) in [7, 11) is 0. The first-order chi connectivity index (χ1) is 15.2. The Morgan fingerprint density at radius 2 is 1.66 bits per heavy atom. The lowest BCUT2D eigenvalue weighted by Crippen LogP contribution is -2.41. The van der Waals surface area contributed by atoms with Crippen LogP contribution in [0.15, 0.2) is 48.5 Å². The van der Waals surface area contributed by atoms with E-state index in [1.807, 2.05) is 0 Å². The molecule has 0 saturated heterocycles. The molecule has 1 aromatic heterocycles. The molecule has 168 valence electrons. The number of pyridine rings is 1. The largest absolute Gasteiger partial charge is 0.433 e. The van der Waals surface area contributed by atoms with Crippen molar-refractivity contribution in [2.24, 2.45) is 0 Å². The van der Waals surface area contributed by atoms with Gasteiger partial charge in [-0.3, -0.25) is 4.79 Å². The first-order valence-corrected chi connectivity index (χ1v) is 10.9. The Balaban J connectivity index is 1.52. The Hall–Kier alpha value is -2.51. The van der Waals surface area contributed by atoms with Crippen molar-refractivity contribution in [3.05, 3.63) is 69.8 Å². The van der Waals surface area contributed by atoms with Gasteiger partial charge in [0.25, 0.3) is 5.91 Å². The molecular formula is C23H20Cl2F3N3O. The molecule has 4 rings (SSSR count). The monoisotopic (exact) mass is 481 g/mol. The summed E-state index contributed by atoms with van der Waals surface area (Å²) < 4.78 is 40.1. The summed E-state index contributed by atoms with van der Waals surface area (Å²) >= 11 is 11.9. The molecule has 3 aromatic rings. The predicted molar refractivity (Wildman–Crippen MR) is 120 cm³/mol. The third-order valence-corrected chi connectivity index (χ3v) is 6.02. The van der Waals surface area contributed by atoms with Crippen LogP contribution in [0.25, 0.3) is 10.9 Å². The zero-order valence-electron chi connectivity index (χ0n) is 16.8. The van der Waals surface area contributed by atoms with E-state index in [-0.39, 0.29) is 23.5 Å². The van der Waals surface area contributed by atoms with Crippen LogP contribution in [0.2, 0.25) is 10.0 Å². The number of carbonyl (C=O) groups is 1. The Morgan fingerprint density at radius 1 is 0.969 bits per heavy atom. The number of alkyl halides is 3. The number of benzene rings is 2. The standard InChI is InChI=1S/C23H20Cl2F3N3O/c24-14-6-4-13(5-7-14)22(32)30-17-3-1-2-16(11-17)29-20-12-21(23(26,27)28)31-19-9-8-15(25)10-18(19)20/h4-10,12,16-17H,1-3,11H2,(H,29,31)(H,30,32)/t16-,17?/m0/s1. The zero-order valence-corrected chi connectivity index (χ0v) is 18.4. The number of hydrogen-bond acceptors (Lipinski definition) is 3. The van der Waals surface area contributed by atoms with E-state index in [1.54, 1.807) is 30.3 Å². The fourth-order valence-electron chi connectivity index (χ4n) is 4.00. The second-order valence-electron chi connectivity index (χ2n) is 7.90. The molecule has 1 unspecified atom stereocenters. The first kappa shape index (κ1) is 22.7. The highest BCUT2D eigenvalue weighted by Gasteiger charge is 2.34. The van der Waals surface area contributed by atoms with Gasteiger partial charge in [0, 0.05) is 38.8 Å². The quantitative estimate of drug-likeness (QED) is 0.435. The predicted octanol–water partition coefficient (Wildman–Crippen LogP) is 6.71. The van der Waals surface area contributed by atoms with Crippen LogP contribution in [-0.4, -0.2) is 23.0 Å². The van der Waals surface area contributed by atoms with Gasteiger partial charge in [-0.1, -0.05) is 23.2 Å². The average molecular weight is 482 g/mol. The maximum absolute atomic E-state index is 13.4. The van der Waals surface area contributed by atoms with Crippen molar-refractivity contribution in [3.63, 3.8) is 0 Å². The minimum absolute atomic E-state index is 0.0943. The number of halogens is 5. The van der Waals surface area contributed by atoms with Crippen LogP contribution in [-0.2, 0) is 6.18 Å². The number of rotatable bonds is 4. The van der Waals surface area contributed by atoms with E-state index in [0.717, 1.165) is 25.3 Å². The van der Waals surface area contributed by atoms with Crippen molar-refractivity contribution in [1.82, 2.24) is 10.3 Å². The number of nitrogens with zero attached hydrogens (tertiary/aromatic N) is 1. The Bertz CT molecular complexity index is 1140. The Kier molecular flexibility index (Phi) is 6.49. The minimum Gasteiger partial charge on any atom is -0.382 e. The molecular weight excluding hydrogens is 462 g/mol. The van der Waals surface area contributed by atoms with Crippen LogP contribution in [0.5, 0.6) is 0 Å². The van der Waals surface area contributed by atoms with Crippen LogP contribution in [0.1, 0.15) is 41.7 Å². The smallest absolute Gasteiger partial charge is 0.382 e. The maximum Gasteiger partial charge on any atom is 0.433 e. The fourth-order valence-corrected chi connectivity index (χ4v) is 4.30. The molecule has 9 heteroatoms. The molecule has 32 heavy (non-hydrogen) atoms. The number of hydrogen-bond donors (Lipinski definition) is 2. The molecule has 1 aliphatic carbocycles. The Labute approximate surface area is 193 Å². The summed E-state index contributed by atoms with van der Waals surface area (Å²) in [5, 5.41) is 7.75. The second kappa shape index (κ2) is 9.16. The highest BCUT2D eigenvalue weighted by molar-refractivity contribution is 6.31. The van der Waals surface area contributed by atoms with Crippen molar-refractivity contribution in [2.45, 2.75) is 43.9 Å². The van der Waals surface area contributed by atoms with Gasteiger partial charge in [-0.2, -0.15) is 13.2 Å². The molecule has 0 radical (unpaired) electrons. The number of fused-ring (bicyclic) bond motifs is 1. The average Bonchev–Trinajstić information content (AvgIpc) is 2.74. The summed E-state index contributed by atoms with van der Waals surface area (Å²) in [5.74, 6) is -0.201. The Morgan fingerprint density at radius 3 is 2.38 bits per heavy atom. The molecule has 0 spiro atoms. The van der Waals surface area contributed by atoms with E-state index in [9.17, 15) is 18.0 Å². The zero-order chi connectivity index (χ0) is 22.9. The summed E-state index contributed by atoms with van der Waals surface area (Å²) in [6.07, 6.45) is -1.57. The molecule has 1 heterocycles. The molecule has 0 aliphatic heterocycles. The third kappa shape index (κ3) is 5.27. The van der Waals surface area contributed by atoms with Gasteiger partial charge in [0.15, 0.2) is 0 Å². The van der Waals surface area contributed by atoms with Crippen molar-refractivity contribution in [3.8, 4) is 0 Å². The van der Waals surface area contributed by atoms with Crippen LogP contribution in [0.3, 0.4) is 0 Å². The highest BCUT2D eigenvalue weighted by atomic mass is 35.5. The minimum atomic E-state index is -4.56. The molecule has 1 saturated carbocycles. The van der Waals surface area contributed by atoms with Gasteiger partial charge in [-0.25, -0.2) is 4.98 Å². The molecule has 4 nitrogen and oxygen atoms in total. The maximum atomic E-state index is 13.4. The molecule has 1 aliphatic rings. The first-order valence-electron chi connectivity index (χ1n) is 10.2. The van der Waals surface area contributed by atoms with Crippen molar-refractivity contribution in [2.75, 3.05) is 5.32 Å². The molecule has 1 amide bonds. The molecule has 2 N–H and O–H groups in total. The summed E-state index contributed by atoms with van der Waals surface area (Å²) in [5.41, 5.74) is 0.0990. The highest BCUT2D eigenvalue weighted by Crippen LogP contribution is 2.35. The van der Waals surface area contributed by atoms with Crippen LogP contribution < -0.4 is 10.6 Å². The van der Waals surface area contributed by atoms with Crippen molar-refractivity contribution >= 4 is 45.7 Å². The number of anilines is 1. The van der Waals surface area contributed by atoms with Gasteiger partial charge in [0.1, 0.15) is 5.69 Å². The number of aromatic nitrogens is 1. The SMILES string of the molecule is O=C(NC1CCC[C@H](Nc2cc(C(F)(F)F)nc3ccc(Cl)cc23)C1)c1ccc(Cl)cc1. The van der Waals surface area contributed by atoms with Crippen molar-refractivity contribution < 1.29 is 18.0 Å². The molecule has 1 fully saturated rings. The van der Waals surface area contributed by atoms with Crippen LogP contribution >= 0.6 is 23.2 Å². The summed E-state index contributed by atoms with van der Waals surface area (Å²) in [6.45, 7) is 0. The molecule has 2 aromatic carbocycles. The normalized spacial score (nSPS) is 19.0. The number of nitrogens with one attached hydrogen (secondary N) is 2. The van der Waals surface area contributed by atoms with Gasteiger partial charge in [0.05, 0.1) is 5.52 Å². The van der Waals surface area contributed by atoms with Gasteiger partial charge >= 0.3 is 6.18 Å². The third-order valence-electron chi connectivity index (χ3n) is 5.54. The molecule has 2 atom stereocenters. The topological polar surface area (TPSA) is 54.0 Å². The van der Waals surface area contributed by atoms with Gasteiger partial charge in [-0.05, 0) is 74.2 Å². The van der Waals surface area contributed by atoms with Gasteiger partial charge in [0.2, 0.25) is 0 Å². The van der Waals surface area contributed by atoms with E-state index >= 15 is 0 Å². The van der Waals surface area contributed by atoms with E-state index in [0.29, 0.717) is 33.1 Å². The summed E-state index contributed by atoms with van der Waals surface area (Å²) in [4.78, 5) is 16.3. The van der Waals surface area contributed by atoms with Crippen molar-refractivity contribution in [1.29, 1.82) is 0 Å². The van der Waals surface area contributed by atoms with E-state index < -0.39 is 11.9 Å². The van der Waals surface area contributed by atoms with E-state index in [4.69, 9.17) is 23.2 Å². The number of amides is 1. The lowest BCUT2D eigenvalue weighted by atomic mass is 9.90. The van der Waals surface area contributed by atoms with E-state index in [2.05, 4.69) is 15.6 Å². The fraction of sp³-hybridized carbons (Fsp3) is 0.304.